The van der Waals surface area contributed by atoms with Crippen molar-refractivity contribution >= 4 is 56.5 Å². The Balaban J connectivity index is 1.75. The summed E-state index contributed by atoms with van der Waals surface area (Å²) in [4.78, 5) is 20.4. The van der Waals surface area contributed by atoms with Crippen LogP contribution in [-0.2, 0) is 25.1 Å². The molecule has 0 fully saturated rings. The molecule has 7 heteroatoms. The quantitative estimate of drug-likeness (QED) is 0.343. The first-order valence-corrected chi connectivity index (χ1v) is 11.8. The number of aromatic nitrogens is 2. The van der Waals surface area contributed by atoms with E-state index in [1.54, 1.807) is 29.2 Å². The topological polar surface area (TPSA) is 34.9 Å². The molecular weight excluding hydrogens is 419 g/mol. The van der Waals surface area contributed by atoms with E-state index in [0.29, 0.717) is 22.3 Å². The van der Waals surface area contributed by atoms with Gasteiger partial charge in [0.2, 0.25) is 0 Å². The van der Waals surface area contributed by atoms with E-state index in [9.17, 15) is 4.79 Å². The number of nitrogens with zero attached hydrogens (tertiary/aromatic N) is 2. The first-order valence-electron chi connectivity index (χ1n) is 9.20. The lowest BCUT2D eigenvalue weighted by Crippen LogP contribution is -2.23. The second-order valence-corrected chi connectivity index (χ2v) is 9.64. The number of rotatable bonds is 5. The van der Waals surface area contributed by atoms with Crippen molar-refractivity contribution in [3.8, 4) is 0 Å². The summed E-state index contributed by atoms with van der Waals surface area (Å²) in [6, 6.07) is 5.52. The minimum absolute atomic E-state index is 0.117. The van der Waals surface area contributed by atoms with Gasteiger partial charge in [0.05, 0.1) is 5.39 Å². The lowest BCUT2D eigenvalue weighted by molar-refractivity contribution is 0.584. The molecule has 0 atom stereocenters. The number of fused-ring (bicyclic) bond motifs is 3. The number of hydrogen-bond donors (Lipinski definition) is 0. The largest absolute Gasteiger partial charge is 0.287 e. The van der Waals surface area contributed by atoms with E-state index in [4.69, 9.17) is 28.2 Å². The molecule has 27 heavy (non-hydrogen) atoms. The van der Waals surface area contributed by atoms with Crippen LogP contribution in [0.1, 0.15) is 42.2 Å². The summed E-state index contributed by atoms with van der Waals surface area (Å²) in [5, 5.41) is 2.91. The predicted octanol–water partition coefficient (Wildman–Crippen LogP) is 6.35. The van der Waals surface area contributed by atoms with Gasteiger partial charge < -0.3 is 0 Å². The van der Waals surface area contributed by atoms with Crippen molar-refractivity contribution < 1.29 is 0 Å². The standard InChI is InChI=1S/C20H20Cl2N2OS2/c1-2-9-24-19(25)17-14-5-3-4-6-16(14)27-18(17)23-20(24)26-11-12-7-8-13(21)10-15(12)22/h7-8,10H,2-6,9,11H2,1H3. The molecule has 3 aromatic rings. The van der Waals surface area contributed by atoms with E-state index in [2.05, 4.69) is 6.92 Å². The lowest BCUT2D eigenvalue weighted by atomic mass is 9.97. The summed E-state index contributed by atoms with van der Waals surface area (Å²) >= 11 is 15.6. The highest BCUT2D eigenvalue weighted by Gasteiger charge is 2.22. The number of halogens is 2. The maximum Gasteiger partial charge on any atom is 0.263 e. The van der Waals surface area contributed by atoms with Crippen molar-refractivity contribution in [1.29, 1.82) is 0 Å². The van der Waals surface area contributed by atoms with Gasteiger partial charge in [0.15, 0.2) is 5.16 Å². The van der Waals surface area contributed by atoms with Crippen molar-refractivity contribution in [2.45, 2.75) is 56.5 Å². The third kappa shape index (κ3) is 3.80. The summed E-state index contributed by atoms with van der Waals surface area (Å²) in [5.74, 6) is 0.656. The molecule has 1 aliphatic carbocycles. The van der Waals surface area contributed by atoms with E-state index >= 15 is 0 Å². The van der Waals surface area contributed by atoms with Gasteiger partial charge in [-0.25, -0.2) is 4.98 Å². The fourth-order valence-corrected chi connectivity index (χ4v) is 6.42. The predicted molar refractivity (Wildman–Crippen MR) is 117 cm³/mol. The average molecular weight is 439 g/mol. The van der Waals surface area contributed by atoms with Crippen LogP contribution in [0.5, 0.6) is 0 Å². The molecule has 3 nitrogen and oxygen atoms in total. The Morgan fingerprint density at radius 3 is 2.85 bits per heavy atom. The molecule has 0 aliphatic heterocycles. The maximum atomic E-state index is 13.3. The van der Waals surface area contributed by atoms with Crippen LogP contribution in [0.15, 0.2) is 28.2 Å². The van der Waals surface area contributed by atoms with Crippen LogP contribution >= 0.6 is 46.3 Å². The van der Waals surface area contributed by atoms with Gasteiger partial charge in [-0.15, -0.1) is 11.3 Å². The minimum atomic E-state index is 0.117. The number of thiophene rings is 1. The molecule has 1 aromatic carbocycles. The van der Waals surface area contributed by atoms with Crippen LogP contribution in [0.4, 0.5) is 0 Å². The highest BCUT2D eigenvalue weighted by molar-refractivity contribution is 7.98. The molecule has 4 rings (SSSR count). The highest BCUT2D eigenvalue weighted by atomic mass is 35.5. The van der Waals surface area contributed by atoms with E-state index < -0.39 is 0 Å². The Kier molecular flexibility index (Phi) is 5.83. The molecule has 0 saturated carbocycles. The molecule has 0 unspecified atom stereocenters. The van der Waals surface area contributed by atoms with E-state index in [0.717, 1.165) is 46.6 Å². The smallest absolute Gasteiger partial charge is 0.263 e. The molecule has 1 aliphatic rings. The monoisotopic (exact) mass is 438 g/mol. The van der Waals surface area contributed by atoms with Gasteiger partial charge in [-0.2, -0.15) is 0 Å². The zero-order valence-electron chi connectivity index (χ0n) is 15.1. The summed E-state index contributed by atoms with van der Waals surface area (Å²) in [7, 11) is 0. The van der Waals surface area contributed by atoms with Gasteiger partial charge >= 0.3 is 0 Å². The Bertz CT molecular complexity index is 1060. The summed E-state index contributed by atoms with van der Waals surface area (Å²) in [5.41, 5.74) is 2.36. The van der Waals surface area contributed by atoms with Gasteiger partial charge in [0.25, 0.3) is 5.56 Å². The fourth-order valence-electron chi connectivity index (χ4n) is 3.53. The normalized spacial score (nSPS) is 13.9. The van der Waals surface area contributed by atoms with Crippen LogP contribution in [0.2, 0.25) is 10.0 Å². The van der Waals surface area contributed by atoms with Crippen LogP contribution in [0, 0.1) is 0 Å². The molecule has 0 amide bonds. The lowest BCUT2D eigenvalue weighted by Gasteiger charge is -2.13. The Morgan fingerprint density at radius 1 is 1.26 bits per heavy atom. The molecule has 0 radical (unpaired) electrons. The Morgan fingerprint density at radius 2 is 2.07 bits per heavy atom. The highest BCUT2D eigenvalue weighted by Crippen LogP contribution is 2.35. The Labute approximate surface area is 176 Å². The number of hydrogen-bond acceptors (Lipinski definition) is 4. The van der Waals surface area contributed by atoms with Crippen LogP contribution in [0.25, 0.3) is 10.2 Å². The van der Waals surface area contributed by atoms with Crippen LogP contribution < -0.4 is 5.56 Å². The van der Waals surface area contributed by atoms with Gasteiger partial charge in [-0.05, 0) is 55.4 Å². The second-order valence-electron chi connectivity index (χ2n) is 6.77. The first-order chi connectivity index (χ1) is 13.1. The fraction of sp³-hybridized carbons (Fsp3) is 0.400. The van der Waals surface area contributed by atoms with E-state index in [1.807, 2.05) is 16.7 Å². The van der Waals surface area contributed by atoms with E-state index in [1.165, 1.54) is 16.9 Å². The molecule has 0 saturated heterocycles. The maximum absolute atomic E-state index is 13.3. The van der Waals surface area contributed by atoms with Crippen LogP contribution in [-0.4, -0.2) is 9.55 Å². The van der Waals surface area contributed by atoms with Crippen molar-refractivity contribution in [2.75, 3.05) is 0 Å². The number of benzene rings is 1. The molecule has 2 aromatic heterocycles. The molecule has 142 valence electrons. The average Bonchev–Trinajstić information content (AvgIpc) is 3.02. The van der Waals surface area contributed by atoms with Crippen molar-refractivity contribution in [3.63, 3.8) is 0 Å². The second kappa shape index (κ2) is 8.16. The molecule has 0 bridgehead atoms. The van der Waals surface area contributed by atoms with Gasteiger partial charge in [0, 0.05) is 27.2 Å². The molecule has 2 heterocycles. The molecular formula is C20H20Cl2N2OS2. The first kappa shape index (κ1) is 19.3. The zero-order chi connectivity index (χ0) is 19.0. The Hall–Kier alpha value is -1.01. The van der Waals surface area contributed by atoms with Crippen molar-refractivity contribution in [2.24, 2.45) is 0 Å². The third-order valence-electron chi connectivity index (χ3n) is 4.86. The molecule has 0 N–H and O–H groups in total. The van der Waals surface area contributed by atoms with Gasteiger partial charge in [-0.3, -0.25) is 9.36 Å². The SMILES string of the molecule is CCCn1c(SCc2ccc(Cl)cc2Cl)nc2sc3c(c2c1=O)CCCC3. The summed E-state index contributed by atoms with van der Waals surface area (Å²) < 4.78 is 1.85. The third-order valence-corrected chi connectivity index (χ3v) is 7.66. The number of aryl methyl sites for hydroxylation is 2. The molecule has 0 spiro atoms. The zero-order valence-corrected chi connectivity index (χ0v) is 18.2. The van der Waals surface area contributed by atoms with Gasteiger partial charge in [0.1, 0.15) is 4.83 Å². The summed E-state index contributed by atoms with van der Waals surface area (Å²) in [6.07, 6.45) is 5.35. The van der Waals surface area contributed by atoms with Crippen molar-refractivity contribution in [1.82, 2.24) is 9.55 Å². The minimum Gasteiger partial charge on any atom is -0.287 e. The van der Waals surface area contributed by atoms with E-state index in [-0.39, 0.29) is 5.56 Å². The van der Waals surface area contributed by atoms with Crippen molar-refractivity contribution in [3.05, 3.63) is 54.6 Å². The summed E-state index contributed by atoms with van der Waals surface area (Å²) in [6.45, 7) is 2.77. The number of thioether (sulfide) groups is 1. The van der Waals surface area contributed by atoms with Crippen LogP contribution in [0.3, 0.4) is 0 Å². The van der Waals surface area contributed by atoms with Gasteiger partial charge in [-0.1, -0.05) is 48.0 Å².